The molecule has 3 aromatic carbocycles. The van der Waals surface area contributed by atoms with Crippen LogP contribution in [0.1, 0.15) is 5.56 Å². The van der Waals surface area contributed by atoms with Crippen molar-refractivity contribution in [3.63, 3.8) is 0 Å². The van der Waals surface area contributed by atoms with Gasteiger partial charge in [-0.2, -0.15) is 4.31 Å². The van der Waals surface area contributed by atoms with E-state index < -0.39 is 15.9 Å². The average Bonchev–Trinajstić information content (AvgIpc) is 2.73. The van der Waals surface area contributed by atoms with Gasteiger partial charge in [-0.15, -0.1) is 0 Å². The minimum absolute atomic E-state index is 0.0628. The molecule has 0 saturated heterocycles. The van der Waals surface area contributed by atoms with E-state index in [1.807, 2.05) is 0 Å². The fraction of sp³-hybridized carbons (Fsp3) is 0.0455. The summed E-state index contributed by atoms with van der Waals surface area (Å²) in [6.45, 7) is 0. The van der Waals surface area contributed by atoms with E-state index in [2.05, 4.69) is 0 Å². The minimum atomic E-state index is -4.20. The summed E-state index contributed by atoms with van der Waals surface area (Å²) in [6, 6.07) is 18.6. The number of halogens is 2. The highest BCUT2D eigenvalue weighted by Gasteiger charge is 2.29. The second-order valence-corrected chi connectivity index (χ2v) is 8.81. The van der Waals surface area contributed by atoms with Crippen molar-refractivity contribution in [2.75, 3.05) is 11.4 Å². The first kappa shape index (κ1) is 21.9. The van der Waals surface area contributed by atoms with Crippen molar-refractivity contribution in [1.29, 1.82) is 0 Å². The Morgan fingerprint density at radius 3 is 2.20 bits per heavy atom. The maximum Gasteiger partial charge on any atom is 0.271 e. The predicted molar refractivity (Wildman–Crippen MR) is 120 cm³/mol. The lowest BCUT2D eigenvalue weighted by atomic mass is 10.2. The van der Waals surface area contributed by atoms with Gasteiger partial charge in [0.05, 0.1) is 17.7 Å². The second kappa shape index (κ2) is 9.34. The summed E-state index contributed by atoms with van der Waals surface area (Å²) in [5.41, 5.74) is 0.834. The molecule has 154 valence electrons. The molecule has 0 saturated carbocycles. The monoisotopic (exact) mass is 461 g/mol. The summed E-state index contributed by atoms with van der Waals surface area (Å²) >= 11 is 11.8. The van der Waals surface area contributed by atoms with Gasteiger partial charge in [0.25, 0.3) is 15.9 Å². The Kier molecular flexibility index (Phi) is 6.82. The summed E-state index contributed by atoms with van der Waals surface area (Å²) in [5, 5.41) is 0.891. The lowest BCUT2D eigenvalue weighted by molar-refractivity contribution is -0.113. The molecule has 5 nitrogen and oxygen atoms in total. The van der Waals surface area contributed by atoms with Gasteiger partial charge in [-0.05, 0) is 72.3 Å². The van der Waals surface area contributed by atoms with Crippen LogP contribution >= 0.6 is 23.2 Å². The smallest absolute Gasteiger partial charge is 0.271 e. The van der Waals surface area contributed by atoms with Gasteiger partial charge in [-0.1, -0.05) is 35.3 Å². The number of nitrogens with zero attached hydrogens (tertiary/aromatic N) is 1. The number of ether oxygens (including phenoxy) is 1. The number of hydrogen-bond acceptors (Lipinski definition) is 4. The van der Waals surface area contributed by atoms with Crippen LogP contribution in [0.2, 0.25) is 10.0 Å². The van der Waals surface area contributed by atoms with Crippen molar-refractivity contribution < 1.29 is 17.9 Å². The van der Waals surface area contributed by atoms with Crippen LogP contribution in [0.4, 0.5) is 5.69 Å². The molecule has 0 heterocycles. The Bertz CT molecular complexity index is 1170. The second-order valence-electron chi connectivity index (χ2n) is 6.15. The molecule has 0 N–H and O–H groups in total. The highest BCUT2D eigenvalue weighted by atomic mass is 35.5. The van der Waals surface area contributed by atoms with Crippen LogP contribution in [0.25, 0.3) is 6.08 Å². The number of sulfonamides is 1. The molecule has 0 aliphatic carbocycles. The van der Waals surface area contributed by atoms with Crippen LogP contribution in [0, 0.1) is 0 Å². The van der Waals surface area contributed by atoms with Crippen molar-refractivity contribution in [2.45, 2.75) is 4.90 Å². The van der Waals surface area contributed by atoms with Crippen LogP contribution in [0.3, 0.4) is 0 Å². The van der Waals surface area contributed by atoms with Gasteiger partial charge < -0.3 is 4.74 Å². The van der Waals surface area contributed by atoms with E-state index in [4.69, 9.17) is 27.9 Å². The number of anilines is 1. The zero-order valence-electron chi connectivity index (χ0n) is 15.8. The van der Waals surface area contributed by atoms with Crippen molar-refractivity contribution in [2.24, 2.45) is 0 Å². The Hall–Kier alpha value is -2.80. The number of carbonyl (C=O) groups excluding carboxylic acids is 1. The Morgan fingerprint density at radius 1 is 0.933 bits per heavy atom. The van der Waals surface area contributed by atoms with E-state index in [1.54, 1.807) is 36.4 Å². The third kappa shape index (κ3) is 5.02. The molecule has 8 heteroatoms. The van der Waals surface area contributed by atoms with Crippen molar-refractivity contribution in [1.82, 2.24) is 0 Å². The van der Waals surface area contributed by atoms with Gasteiger partial charge in [-0.25, -0.2) is 8.42 Å². The largest absolute Gasteiger partial charge is 0.497 e. The lowest BCUT2D eigenvalue weighted by Gasteiger charge is -2.21. The fourth-order valence-electron chi connectivity index (χ4n) is 2.66. The first-order chi connectivity index (χ1) is 14.3. The molecule has 30 heavy (non-hydrogen) atoms. The summed E-state index contributed by atoms with van der Waals surface area (Å²) in [5.74, 6) is -0.209. The Balaban J connectivity index is 2.04. The molecule has 0 atom stereocenters. The summed E-state index contributed by atoms with van der Waals surface area (Å²) in [4.78, 5) is 13.0. The van der Waals surface area contributed by atoms with Crippen LogP contribution in [0.5, 0.6) is 5.75 Å². The molecule has 0 radical (unpaired) electrons. The van der Waals surface area contributed by atoms with E-state index >= 15 is 0 Å². The molecule has 1 amide bonds. The normalized spacial score (nSPS) is 11.4. The van der Waals surface area contributed by atoms with E-state index in [0.29, 0.717) is 21.4 Å². The number of rotatable bonds is 6. The molecule has 0 unspecified atom stereocenters. The Labute approximate surface area is 185 Å². The maximum atomic E-state index is 13.3. The summed E-state index contributed by atoms with van der Waals surface area (Å²) < 4.78 is 32.4. The zero-order chi connectivity index (χ0) is 21.7. The highest BCUT2D eigenvalue weighted by Crippen LogP contribution is 2.27. The molecule has 0 spiro atoms. The summed E-state index contributed by atoms with van der Waals surface area (Å²) in [7, 11) is -2.70. The van der Waals surface area contributed by atoms with Crippen molar-refractivity contribution in [3.8, 4) is 5.75 Å². The van der Waals surface area contributed by atoms with Crippen LogP contribution < -0.4 is 9.04 Å². The molecule has 3 rings (SSSR count). The van der Waals surface area contributed by atoms with Crippen LogP contribution in [0.15, 0.2) is 83.8 Å². The molecular weight excluding hydrogens is 445 g/mol. The van der Waals surface area contributed by atoms with Gasteiger partial charge in [-0.3, -0.25) is 4.79 Å². The highest BCUT2D eigenvalue weighted by molar-refractivity contribution is 7.93. The van der Waals surface area contributed by atoms with Gasteiger partial charge in [0.2, 0.25) is 0 Å². The van der Waals surface area contributed by atoms with E-state index in [9.17, 15) is 13.2 Å². The first-order valence-electron chi connectivity index (χ1n) is 8.74. The topological polar surface area (TPSA) is 63.7 Å². The Morgan fingerprint density at radius 2 is 1.60 bits per heavy atom. The zero-order valence-corrected chi connectivity index (χ0v) is 18.2. The molecule has 0 aromatic heterocycles. The van der Waals surface area contributed by atoms with Crippen LogP contribution in [-0.2, 0) is 14.8 Å². The third-order valence-corrected chi connectivity index (χ3v) is 6.35. The van der Waals surface area contributed by atoms with Crippen molar-refractivity contribution >= 4 is 50.9 Å². The van der Waals surface area contributed by atoms with Gasteiger partial charge >= 0.3 is 0 Å². The van der Waals surface area contributed by atoms with Gasteiger partial charge in [0.1, 0.15) is 5.75 Å². The number of benzene rings is 3. The first-order valence-corrected chi connectivity index (χ1v) is 10.9. The molecule has 0 fully saturated rings. The third-order valence-electron chi connectivity index (χ3n) is 4.13. The van der Waals surface area contributed by atoms with Gasteiger partial charge in [0, 0.05) is 16.1 Å². The quantitative estimate of drug-likeness (QED) is 0.458. The van der Waals surface area contributed by atoms with E-state index in [-0.39, 0.29) is 10.6 Å². The van der Waals surface area contributed by atoms with Crippen LogP contribution in [-0.4, -0.2) is 21.4 Å². The number of amides is 1. The lowest BCUT2D eigenvalue weighted by Crippen LogP contribution is -2.35. The molecule has 0 bridgehead atoms. The molecule has 0 aliphatic rings. The van der Waals surface area contributed by atoms with E-state index in [1.165, 1.54) is 55.7 Å². The minimum Gasteiger partial charge on any atom is -0.497 e. The number of hydrogen-bond donors (Lipinski definition) is 0. The SMILES string of the molecule is COc1ccc(N(C(=O)/C=C/c2cccc(Cl)c2)S(=O)(=O)c2ccc(Cl)cc2)cc1. The van der Waals surface area contributed by atoms with Gasteiger partial charge in [0.15, 0.2) is 0 Å². The number of methoxy groups -OCH3 is 1. The molecular formula is C22H17Cl2NO4S. The molecule has 3 aromatic rings. The van der Waals surface area contributed by atoms with Crippen molar-refractivity contribution in [3.05, 3.63) is 94.5 Å². The summed E-state index contributed by atoms with van der Waals surface area (Å²) in [6.07, 6.45) is 2.69. The maximum absolute atomic E-state index is 13.3. The fourth-order valence-corrected chi connectivity index (χ4v) is 4.37. The average molecular weight is 462 g/mol. The van der Waals surface area contributed by atoms with E-state index in [0.717, 1.165) is 4.31 Å². The molecule has 0 aliphatic heterocycles. The predicted octanol–water partition coefficient (Wildman–Crippen LogP) is 5.44. The standard InChI is InChI=1S/C22H17Cl2NO4S/c1-29-20-10-8-19(9-11-20)25(30(27,28)21-12-6-17(23)7-13-21)22(26)14-5-16-3-2-4-18(24)15-16/h2-15H,1H3/b14-5+. The number of carbonyl (C=O) groups is 1.